The predicted molar refractivity (Wildman–Crippen MR) is 63.0 cm³/mol. The van der Waals surface area contributed by atoms with E-state index in [0.29, 0.717) is 17.8 Å². The van der Waals surface area contributed by atoms with Gasteiger partial charge in [0.2, 0.25) is 0 Å². The zero-order chi connectivity index (χ0) is 13.4. The first kappa shape index (κ1) is 11.6. The second-order valence-electron chi connectivity index (χ2n) is 6.57. The molecule has 0 amide bonds. The molecule has 4 saturated carbocycles. The SMILES string of the molecule is [B]OC(=O)OC12CC3CC4C(OC(C)=O)C(C1)C34C2. The third kappa shape index (κ3) is 1.18. The normalized spacial score (nSPS) is 51.6. The van der Waals surface area contributed by atoms with Crippen LogP contribution in [0.15, 0.2) is 0 Å². The summed E-state index contributed by atoms with van der Waals surface area (Å²) in [7, 11) is 4.85. The van der Waals surface area contributed by atoms with Crippen molar-refractivity contribution >= 4 is 20.2 Å². The van der Waals surface area contributed by atoms with Gasteiger partial charge in [0, 0.05) is 18.8 Å². The molecule has 2 bridgehead atoms. The highest BCUT2D eigenvalue weighted by molar-refractivity contribution is 6.04. The minimum atomic E-state index is -0.806. The lowest BCUT2D eigenvalue weighted by atomic mass is 9.37. The minimum Gasteiger partial charge on any atom is -0.513 e. The number of hydrogen-bond donors (Lipinski definition) is 0. The zero-order valence-electron chi connectivity index (χ0n) is 10.8. The lowest BCUT2D eigenvalue weighted by molar-refractivity contribution is -0.269. The Labute approximate surface area is 112 Å². The van der Waals surface area contributed by atoms with Gasteiger partial charge in [0.25, 0.3) is 0 Å². The highest BCUT2D eigenvalue weighted by atomic mass is 16.7. The molecule has 100 valence electrons. The van der Waals surface area contributed by atoms with Crippen molar-refractivity contribution < 1.29 is 23.7 Å². The maximum absolute atomic E-state index is 11.3. The molecule has 0 aromatic rings. The molecular formula is C13H15BO5. The Bertz CT molecular complexity index is 480. The van der Waals surface area contributed by atoms with Gasteiger partial charge in [-0.15, -0.1) is 0 Å². The van der Waals surface area contributed by atoms with Gasteiger partial charge in [-0.3, -0.25) is 4.79 Å². The van der Waals surface area contributed by atoms with Gasteiger partial charge in [0.1, 0.15) is 11.7 Å². The summed E-state index contributed by atoms with van der Waals surface area (Å²) in [4.78, 5) is 22.5. The van der Waals surface area contributed by atoms with E-state index in [9.17, 15) is 9.59 Å². The van der Waals surface area contributed by atoms with Crippen molar-refractivity contribution in [2.24, 2.45) is 23.2 Å². The first-order valence-corrected chi connectivity index (χ1v) is 6.78. The lowest BCUT2D eigenvalue weighted by Gasteiger charge is -2.69. The standard InChI is InChI=1S/C13H15BO5/c1-6(15)17-10-8-2-7-3-12(18-11(16)19-14)4-9(10)13(7,8)5-12/h7-10H,2-5H2,1H3. The Balaban J connectivity index is 1.56. The van der Waals surface area contributed by atoms with Gasteiger partial charge in [-0.1, -0.05) is 0 Å². The van der Waals surface area contributed by atoms with E-state index in [1.807, 2.05) is 0 Å². The quantitative estimate of drug-likeness (QED) is 0.555. The van der Waals surface area contributed by atoms with E-state index in [1.54, 1.807) is 0 Å². The van der Waals surface area contributed by atoms with Gasteiger partial charge < -0.3 is 14.1 Å². The van der Waals surface area contributed by atoms with E-state index >= 15 is 0 Å². The van der Waals surface area contributed by atoms with Gasteiger partial charge in [0.15, 0.2) is 0 Å². The molecule has 4 rings (SSSR count). The van der Waals surface area contributed by atoms with Crippen molar-refractivity contribution in [2.75, 3.05) is 0 Å². The number of esters is 1. The molecule has 0 saturated heterocycles. The van der Waals surface area contributed by atoms with Crippen molar-refractivity contribution in [3.8, 4) is 0 Å². The van der Waals surface area contributed by atoms with Crippen molar-refractivity contribution in [1.82, 2.24) is 0 Å². The van der Waals surface area contributed by atoms with E-state index < -0.39 is 11.8 Å². The maximum Gasteiger partial charge on any atom is 0.489 e. The first-order chi connectivity index (χ1) is 9.01. The molecule has 0 aliphatic heterocycles. The molecule has 1 spiro atoms. The maximum atomic E-state index is 11.3. The van der Waals surface area contributed by atoms with E-state index in [4.69, 9.17) is 17.5 Å². The number of hydrogen-bond acceptors (Lipinski definition) is 5. The van der Waals surface area contributed by atoms with Gasteiger partial charge in [-0.25, -0.2) is 4.79 Å². The molecule has 6 unspecified atom stereocenters. The summed E-state index contributed by atoms with van der Waals surface area (Å²) in [5.41, 5.74) is -0.176. The van der Waals surface area contributed by atoms with Crippen molar-refractivity contribution in [3.05, 3.63) is 0 Å². The molecule has 4 aliphatic rings. The van der Waals surface area contributed by atoms with Crippen LogP contribution in [0.4, 0.5) is 4.79 Å². The fraction of sp³-hybridized carbons (Fsp3) is 0.846. The molecule has 2 radical (unpaired) electrons. The molecule has 6 heteroatoms. The minimum absolute atomic E-state index is 0.0217. The highest BCUT2D eigenvalue weighted by Gasteiger charge is 2.83. The van der Waals surface area contributed by atoms with Crippen LogP contribution in [0.2, 0.25) is 0 Å². The van der Waals surface area contributed by atoms with Gasteiger partial charge in [0.05, 0.1) is 0 Å². The molecule has 4 fully saturated rings. The van der Waals surface area contributed by atoms with Crippen molar-refractivity contribution in [2.45, 2.75) is 44.3 Å². The topological polar surface area (TPSA) is 61.8 Å². The van der Waals surface area contributed by atoms with Gasteiger partial charge in [-0.2, -0.15) is 0 Å². The third-order valence-electron chi connectivity index (χ3n) is 6.01. The summed E-state index contributed by atoms with van der Waals surface area (Å²) in [6, 6.07) is 0. The molecule has 0 N–H and O–H groups in total. The zero-order valence-corrected chi connectivity index (χ0v) is 10.8. The summed E-state index contributed by atoms with van der Waals surface area (Å²) < 4.78 is 15.0. The van der Waals surface area contributed by atoms with Crippen LogP contribution >= 0.6 is 0 Å². The fourth-order valence-corrected chi connectivity index (χ4v) is 5.67. The monoisotopic (exact) mass is 262 g/mol. The summed E-state index contributed by atoms with van der Waals surface area (Å²) in [5, 5.41) is 0. The highest BCUT2D eigenvalue weighted by Crippen LogP contribution is 2.83. The molecular weight excluding hydrogens is 247 g/mol. The van der Waals surface area contributed by atoms with Crippen LogP contribution in [-0.2, 0) is 18.9 Å². The van der Waals surface area contributed by atoms with Crippen LogP contribution in [0.25, 0.3) is 0 Å². The van der Waals surface area contributed by atoms with E-state index in [2.05, 4.69) is 4.65 Å². The second kappa shape index (κ2) is 3.27. The molecule has 0 aromatic heterocycles. The Kier molecular flexibility index (Phi) is 2.00. The summed E-state index contributed by atoms with van der Waals surface area (Å²) in [6.45, 7) is 1.45. The average Bonchev–Trinajstić information content (AvgIpc) is 2.79. The molecule has 0 aromatic carbocycles. The number of rotatable bonds is 2. The van der Waals surface area contributed by atoms with E-state index in [1.165, 1.54) is 6.92 Å². The van der Waals surface area contributed by atoms with Gasteiger partial charge in [-0.05, 0) is 37.0 Å². The van der Waals surface area contributed by atoms with Crippen molar-refractivity contribution in [3.63, 3.8) is 0 Å². The summed E-state index contributed by atoms with van der Waals surface area (Å²) in [6.07, 6.45) is 2.85. The molecule has 19 heavy (non-hydrogen) atoms. The second-order valence-corrected chi connectivity index (χ2v) is 6.57. The fourth-order valence-electron chi connectivity index (χ4n) is 5.67. The molecule has 4 aliphatic carbocycles. The summed E-state index contributed by atoms with van der Waals surface area (Å²) >= 11 is 0. The largest absolute Gasteiger partial charge is 0.513 e. The predicted octanol–water partition coefficient (Wildman–Crippen LogP) is 1.34. The lowest BCUT2D eigenvalue weighted by Crippen LogP contribution is -2.69. The first-order valence-electron chi connectivity index (χ1n) is 6.78. The number of carbonyl (C=O) groups excluding carboxylic acids is 2. The van der Waals surface area contributed by atoms with Crippen molar-refractivity contribution in [1.29, 1.82) is 0 Å². The molecule has 5 nitrogen and oxygen atoms in total. The summed E-state index contributed by atoms with van der Waals surface area (Å²) in [5.74, 6) is 1.20. The third-order valence-corrected chi connectivity index (χ3v) is 6.01. The Hall–Kier alpha value is -1.20. The average molecular weight is 262 g/mol. The Morgan fingerprint density at radius 3 is 2.74 bits per heavy atom. The van der Waals surface area contributed by atoms with Crippen LogP contribution < -0.4 is 0 Å². The van der Waals surface area contributed by atoms with Crippen LogP contribution in [0.3, 0.4) is 0 Å². The smallest absolute Gasteiger partial charge is 0.489 e. The number of carbonyl (C=O) groups is 2. The van der Waals surface area contributed by atoms with Gasteiger partial charge >= 0.3 is 20.2 Å². The Morgan fingerprint density at radius 1 is 1.26 bits per heavy atom. The van der Waals surface area contributed by atoms with Crippen LogP contribution in [0.5, 0.6) is 0 Å². The Morgan fingerprint density at radius 2 is 2.05 bits per heavy atom. The number of fused-ring (bicyclic) bond motifs is 1. The van der Waals surface area contributed by atoms with Crippen LogP contribution in [-0.4, -0.2) is 31.9 Å². The number of ether oxygens (including phenoxy) is 2. The molecule has 0 heterocycles. The van der Waals surface area contributed by atoms with E-state index in [0.717, 1.165) is 25.7 Å². The van der Waals surface area contributed by atoms with E-state index in [-0.39, 0.29) is 17.5 Å². The van der Waals surface area contributed by atoms with Crippen LogP contribution in [0, 0.1) is 23.2 Å². The molecule has 6 atom stereocenters. The van der Waals surface area contributed by atoms with Crippen LogP contribution in [0.1, 0.15) is 32.6 Å².